The maximum atomic E-state index is 6.19. The minimum Gasteiger partial charge on any atom is -0.493 e. The number of nitrogens with two attached hydrogens (primary N) is 1. The highest BCUT2D eigenvalue weighted by Crippen LogP contribution is 2.36. The first-order chi connectivity index (χ1) is 10.1. The molecule has 0 spiro atoms. The van der Waals surface area contributed by atoms with Gasteiger partial charge in [0.05, 0.1) is 6.61 Å². The Morgan fingerprint density at radius 2 is 2.05 bits per heavy atom. The molecule has 0 aliphatic carbocycles. The number of halogens is 1. The van der Waals surface area contributed by atoms with Crippen LogP contribution in [-0.4, -0.2) is 6.61 Å². The zero-order valence-corrected chi connectivity index (χ0v) is 13.5. The Morgan fingerprint density at radius 1 is 1.29 bits per heavy atom. The van der Waals surface area contributed by atoms with Gasteiger partial charge < -0.3 is 10.5 Å². The van der Waals surface area contributed by atoms with E-state index in [0.717, 1.165) is 35.1 Å². The van der Waals surface area contributed by atoms with E-state index in [4.69, 9.17) is 22.1 Å². The monoisotopic (exact) mass is 319 g/mol. The van der Waals surface area contributed by atoms with Crippen LogP contribution in [-0.2, 0) is 12.2 Å². The quantitative estimate of drug-likeness (QED) is 0.837. The minimum atomic E-state index is 0.0775. The molecule has 2 aromatic carbocycles. The zero-order valence-electron chi connectivity index (χ0n) is 11.9. The van der Waals surface area contributed by atoms with E-state index >= 15 is 0 Å². The van der Waals surface area contributed by atoms with Crippen LogP contribution in [0.2, 0.25) is 5.02 Å². The summed E-state index contributed by atoms with van der Waals surface area (Å²) in [6.45, 7) is 2.76. The molecular weight excluding hydrogens is 302 g/mol. The van der Waals surface area contributed by atoms with E-state index in [1.807, 2.05) is 19.1 Å². The van der Waals surface area contributed by atoms with Gasteiger partial charge in [0.2, 0.25) is 0 Å². The Balaban J connectivity index is 1.73. The van der Waals surface area contributed by atoms with Gasteiger partial charge in [0.15, 0.2) is 0 Å². The van der Waals surface area contributed by atoms with E-state index in [-0.39, 0.29) is 6.04 Å². The lowest BCUT2D eigenvalue weighted by molar-refractivity contribution is 0.354. The molecule has 0 radical (unpaired) electrons. The lowest BCUT2D eigenvalue weighted by Crippen LogP contribution is -2.04. The average Bonchev–Trinajstić information content (AvgIpc) is 2.93. The molecule has 1 heterocycles. The molecule has 0 bridgehead atoms. The molecule has 2 N–H and O–H groups in total. The van der Waals surface area contributed by atoms with Gasteiger partial charge in [0.1, 0.15) is 5.75 Å². The van der Waals surface area contributed by atoms with Crippen LogP contribution in [0.4, 0.5) is 0 Å². The molecule has 2 nitrogen and oxygen atoms in total. The molecule has 0 amide bonds. The molecule has 3 rings (SSSR count). The average molecular weight is 320 g/mol. The lowest BCUT2D eigenvalue weighted by Gasteiger charge is -2.10. The van der Waals surface area contributed by atoms with Gasteiger partial charge in [-0.2, -0.15) is 0 Å². The van der Waals surface area contributed by atoms with Crippen molar-refractivity contribution in [3.63, 3.8) is 0 Å². The summed E-state index contributed by atoms with van der Waals surface area (Å²) in [7, 11) is 0. The highest BCUT2D eigenvalue weighted by molar-refractivity contribution is 7.98. The van der Waals surface area contributed by atoms with Crippen molar-refractivity contribution in [1.29, 1.82) is 0 Å². The summed E-state index contributed by atoms with van der Waals surface area (Å²) in [6, 6.07) is 12.5. The predicted octanol–water partition coefficient (Wildman–Crippen LogP) is 4.59. The van der Waals surface area contributed by atoms with Gasteiger partial charge in [-0.3, -0.25) is 0 Å². The van der Waals surface area contributed by atoms with E-state index in [2.05, 4.69) is 24.3 Å². The van der Waals surface area contributed by atoms with Crippen molar-refractivity contribution in [2.45, 2.75) is 30.0 Å². The van der Waals surface area contributed by atoms with Gasteiger partial charge in [-0.1, -0.05) is 23.7 Å². The molecule has 21 heavy (non-hydrogen) atoms. The van der Waals surface area contributed by atoms with Crippen molar-refractivity contribution in [2.75, 3.05) is 6.61 Å². The van der Waals surface area contributed by atoms with Crippen molar-refractivity contribution in [3.05, 3.63) is 58.1 Å². The Hall–Kier alpha value is -1.16. The van der Waals surface area contributed by atoms with E-state index in [9.17, 15) is 0 Å². The first-order valence-electron chi connectivity index (χ1n) is 7.06. The van der Waals surface area contributed by atoms with Gasteiger partial charge in [-0.15, -0.1) is 11.8 Å². The summed E-state index contributed by atoms with van der Waals surface area (Å²) in [6.07, 6.45) is 0.955. The molecule has 110 valence electrons. The van der Waals surface area contributed by atoms with Gasteiger partial charge in [-0.25, -0.2) is 0 Å². The van der Waals surface area contributed by atoms with Crippen LogP contribution in [0.1, 0.15) is 29.7 Å². The maximum Gasteiger partial charge on any atom is 0.126 e. The molecule has 1 aliphatic heterocycles. The van der Waals surface area contributed by atoms with Crippen LogP contribution in [0, 0.1) is 0 Å². The number of rotatable bonds is 4. The zero-order chi connectivity index (χ0) is 14.8. The summed E-state index contributed by atoms with van der Waals surface area (Å²) in [5.74, 6) is 1.89. The maximum absolute atomic E-state index is 6.19. The van der Waals surface area contributed by atoms with Crippen molar-refractivity contribution in [2.24, 2.45) is 5.73 Å². The largest absolute Gasteiger partial charge is 0.493 e. The summed E-state index contributed by atoms with van der Waals surface area (Å²) in [5, 5.41) is 0.794. The number of ether oxygens (including phenoxy) is 1. The van der Waals surface area contributed by atoms with E-state index in [0.29, 0.717) is 0 Å². The summed E-state index contributed by atoms with van der Waals surface area (Å²) < 4.78 is 5.74. The number of hydrogen-bond acceptors (Lipinski definition) is 3. The van der Waals surface area contributed by atoms with Crippen molar-refractivity contribution >= 4 is 23.4 Å². The molecule has 0 aromatic heterocycles. The first kappa shape index (κ1) is 14.8. The predicted molar refractivity (Wildman–Crippen MR) is 89.3 cm³/mol. The van der Waals surface area contributed by atoms with Gasteiger partial charge >= 0.3 is 0 Å². The van der Waals surface area contributed by atoms with Crippen LogP contribution in [0.15, 0.2) is 41.3 Å². The van der Waals surface area contributed by atoms with Gasteiger partial charge in [0.25, 0.3) is 0 Å². The van der Waals surface area contributed by atoms with E-state index in [1.54, 1.807) is 11.8 Å². The second-order valence-electron chi connectivity index (χ2n) is 5.30. The van der Waals surface area contributed by atoms with Crippen LogP contribution < -0.4 is 10.5 Å². The fraction of sp³-hybridized carbons (Fsp3) is 0.294. The second-order valence-corrected chi connectivity index (χ2v) is 6.78. The van der Waals surface area contributed by atoms with Crippen molar-refractivity contribution in [3.8, 4) is 5.75 Å². The highest BCUT2D eigenvalue weighted by Gasteiger charge is 2.17. The number of fused-ring (bicyclic) bond motifs is 1. The Labute approximate surface area is 134 Å². The topological polar surface area (TPSA) is 35.2 Å². The lowest BCUT2D eigenvalue weighted by atomic mass is 10.1. The molecule has 0 saturated carbocycles. The second kappa shape index (κ2) is 6.30. The van der Waals surface area contributed by atoms with Crippen LogP contribution >= 0.6 is 23.4 Å². The normalized spacial score (nSPS) is 14.6. The number of benzene rings is 2. The van der Waals surface area contributed by atoms with E-state index in [1.165, 1.54) is 16.0 Å². The van der Waals surface area contributed by atoms with Gasteiger partial charge in [-0.05, 0) is 42.3 Å². The van der Waals surface area contributed by atoms with Crippen LogP contribution in [0.5, 0.6) is 5.75 Å². The SMILES string of the molecule is CC(N)c1ccc(SCc2cc(Cl)cc3c2OCC3)cc1. The summed E-state index contributed by atoms with van der Waals surface area (Å²) in [5.41, 5.74) is 9.43. The third-order valence-corrected chi connectivity index (χ3v) is 4.90. The van der Waals surface area contributed by atoms with Gasteiger partial charge in [0, 0.05) is 33.7 Å². The smallest absolute Gasteiger partial charge is 0.126 e. The molecule has 4 heteroatoms. The van der Waals surface area contributed by atoms with Crippen molar-refractivity contribution < 1.29 is 4.74 Å². The fourth-order valence-corrected chi connectivity index (χ4v) is 3.61. The first-order valence-corrected chi connectivity index (χ1v) is 8.42. The van der Waals surface area contributed by atoms with Crippen LogP contribution in [0.3, 0.4) is 0 Å². The Bertz CT molecular complexity index is 640. The summed E-state index contributed by atoms with van der Waals surface area (Å²) in [4.78, 5) is 1.23. The molecule has 1 unspecified atom stereocenters. The third-order valence-electron chi connectivity index (χ3n) is 3.63. The molecule has 2 aromatic rings. The molecule has 1 atom stereocenters. The fourth-order valence-electron chi connectivity index (χ4n) is 2.48. The Kier molecular flexibility index (Phi) is 4.43. The number of hydrogen-bond donors (Lipinski definition) is 1. The summed E-state index contributed by atoms with van der Waals surface area (Å²) >= 11 is 7.98. The molecule has 1 aliphatic rings. The minimum absolute atomic E-state index is 0.0775. The van der Waals surface area contributed by atoms with Crippen molar-refractivity contribution in [1.82, 2.24) is 0 Å². The van der Waals surface area contributed by atoms with Crippen LogP contribution in [0.25, 0.3) is 0 Å². The molecule has 0 saturated heterocycles. The third kappa shape index (κ3) is 3.37. The molecular formula is C17H18ClNOS. The van der Waals surface area contributed by atoms with E-state index < -0.39 is 0 Å². The molecule has 0 fully saturated rings. The highest BCUT2D eigenvalue weighted by atomic mass is 35.5. The standard InChI is InChI=1S/C17H18ClNOS/c1-11(19)12-2-4-16(5-3-12)21-10-14-9-15(18)8-13-6-7-20-17(13)14/h2-5,8-9,11H,6-7,10,19H2,1H3. The number of thioether (sulfide) groups is 1. The Morgan fingerprint density at radius 3 is 2.76 bits per heavy atom.